The Bertz CT molecular complexity index is 820. The van der Waals surface area contributed by atoms with Crippen molar-refractivity contribution in [2.24, 2.45) is 0 Å². The van der Waals surface area contributed by atoms with Crippen LogP contribution >= 0.6 is 18.2 Å². The topological polar surface area (TPSA) is 35.5 Å². The highest BCUT2D eigenvalue weighted by molar-refractivity contribution is 8.54. The van der Waals surface area contributed by atoms with E-state index in [1.807, 2.05) is 79.7 Å². The van der Waals surface area contributed by atoms with E-state index in [-0.39, 0.29) is 13.2 Å². The highest BCUT2D eigenvalue weighted by Crippen LogP contribution is 2.62. The number of benzene rings is 3. The smallest absolute Gasteiger partial charge is 0.296 e. The zero-order valence-corrected chi connectivity index (χ0v) is 17.0. The summed E-state index contributed by atoms with van der Waals surface area (Å²) in [7, 11) is 0. The van der Waals surface area contributed by atoms with E-state index >= 15 is 0 Å². The van der Waals surface area contributed by atoms with Crippen molar-refractivity contribution in [2.45, 2.75) is 25.9 Å². The molecule has 0 spiro atoms. The fourth-order valence-electron chi connectivity index (χ4n) is 2.41. The minimum Gasteiger partial charge on any atom is -0.296 e. The lowest BCUT2D eigenvalue weighted by Gasteiger charge is -2.18. The molecule has 140 valence electrons. The number of rotatable bonds is 9. The summed E-state index contributed by atoms with van der Waals surface area (Å²) in [6.45, 7) is -0.746. The second-order valence-corrected chi connectivity index (χ2v) is 10.3. The van der Waals surface area contributed by atoms with E-state index in [2.05, 4.69) is 12.1 Å². The van der Waals surface area contributed by atoms with Crippen molar-refractivity contribution >= 4 is 18.2 Å². The van der Waals surface area contributed by atoms with Crippen LogP contribution in [-0.2, 0) is 32.6 Å². The number of hydrogen-bond donors (Lipinski definition) is 0. The Morgan fingerprint density at radius 3 is 1.67 bits per heavy atom. The first-order chi connectivity index (χ1) is 13.1. The Kier molecular flexibility index (Phi) is 7.31. The van der Waals surface area contributed by atoms with Crippen LogP contribution < -0.4 is 0 Å². The molecule has 0 aromatic heterocycles. The van der Waals surface area contributed by atoms with Gasteiger partial charge in [-0.25, -0.2) is 4.57 Å². The third kappa shape index (κ3) is 6.67. The molecule has 0 heterocycles. The quantitative estimate of drug-likeness (QED) is 0.373. The SMILES string of the molecule is Cc1ccc(CSP(=O)(OCc2ccccc2)OCc2ccccc2)cc1. The van der Waals surface area contributed by atoms with Gasteiger partial charge in [-0.2, -0.15) is 0 Å². The van der Waals surface area contributed by atoms with Crippen molar-refractivity contribution in [3.8, 4) is 0 Å². The van der Waals surface area contributed by atoms with Crippen LogP contribution in [0, 0.1) is 6.92 Å². The Labute approximate surface area is 165 Å². The molecule has 0 bridgehead atoms. The third-order valence-electron chi connectivity index (χ3n) is 3.97. The molecule has 0 atom stereocenters. The molecule has 0 unspecified atom stereocenters. The second-order valence-electron chi connectivity index (χ2n) is 6.22. The van der Waals surface area contributed by atoms with Crippen LogP contribution in [0.2, 0.25) is 0 Å². The zero-order chi connectivity index (χ0) is 19.0. The highest BCUT2D eigenvalue weighted by atomic mass is 32.7. The molecule has 0 aliphatic carbocycles. The van der Waals surface area contributed by atoms with E-state index < -0.39 is 6.80 Å². The molecule has 0 aliphatic heterocycles. The first kappa shape index (κ1) is 19.9. The summed E-state index contributed by atoms with van der Waals surface area (Å²) in [4.78, 5) is 0. The zero-order valence-electron chi connectivity index (χ0n) is 15.3. The van der Waals surface area contributed by atoms with Gasteiger partial charge < -0.3 is 0 Å². The molecule has 3 nitrogen and oxygen atoms in total. The lowest BCUT2D eigenvalue weighted by atomic mass is 10.2. The molecule has 0 aliphatic rings. The first-order valence-corrected chi connectivity index (χ1v) is 11.9. The lowest BCUT2D eigenvalue weighted by Crippen LogP contribution is -1.96. The van der Waals surface area contributed by atoms with Crippen LogP contribution in [0.4, 0.5) is 0 Å². The maximum absolute atomic E-state index is 13.3. The van der Waals surface area contributed by atoms with Crippen molar-refractivity contribution in [1.82, 2.24) is 0 Å². The van der Waals surface area contributed by atoms with Gasteiger partial charge in [-0.3, -0.25) is 9.05 Å². The van der Waals surface area contributed by atoms with Crippen LogP contribution in [0.1, 0.15) is 22.3 Å². The van der Waals surface area contributed by atoms with Gasteiger partial charge in [0.25, 0.3) is 0 Å². The molecule has 3 aromatic rings. The third-order valence-corrected chi connectivity index (χ3v) is 7.61. The van der Waals surface area contributed by atoms with Gasteiger partial charge >= 0.3 is 6.80 Å². The van der Waals surface area contributed by atoms with Crippen LogP contribution in [0.25, 0.3) is 0 Å². The monoisotopic (exact) mass is 398 g/mol. The molecule has 5 heteroatoms. The van der Waals surface area contributed by atoms with E-state index in [4.69, 9.17) is 9.05 Å². The Balaban J connectivity index is 1.66. The second kappa shape index (κ2) is 9.91. The Morgan fingerprint density at radius 1 is 0.704 bits per heavy atom. The minimum atomic E-state index is -3.31. The van der Waals surface area contributed by atoms with Crippen molar-refractivity contribution in [1.29, 1.82) is 0 Å². The van der Waals surface area contributed by atoms with Crippen LogP contribution in [0.5, 0.6) is 0 Å². The van der Waals surface area contributed by atoms with Crippen LogP contribution in [-0.4, -0.2) is 0 Å². The number of aryl methyl sites for hydroxylation is 1. The molecular formula is C22H23O3PS. The summed E-state index contributed by atoms with van der Waals surface area (Å²) < 4.78 is 24.9. The molecule has 0 saturated carbocycles. The van der Waals surface area contributed by atoms with Crippen LogP contribution in [0.15, 0.2) is 84.9 Å². The normalized spacial score (nSPS) is 11.4. The van der Waals surface area contributed by atoms with Gasteiger partial charge in [0.15, 0.2) is 0 Å². The maximum Gasteiger partial charge on any atom is 0.390 e. The molecule has 27 heavy (non-hydrogen) atoms. The molecule has 3 aromatic carbocycles. The van der Waals surface area contributed by atoms with E-state index in [1.165, 1.54) is 16.9 Å². The Hall–Kier alpha value is -1.84. The molecular weight excluding hydrogens is 375 g/mol. The average molecular weight is 398 g/mol. The predicted octanol–water partition coefficient (Wildman–Crippen LogP) is 6.77. The van der Waals surface area contributed by atoms with Crippen molar-refractivity contribution in [3.05, 3.63) is 107 Å². The average Bonchev–Trinajstić information content (AvgIpc) is 2.72. The largest absolute Gasteiger partial charge is 0.390 e. The van der Waals surface area contributed by atoms with Gasteiger partial charge in [0, 0.05) is 5.75 Å². The molecule has 0 amide bonds. The summed E-state index contributed by atoms with van der Waals surface area (Å²) in [6.07, 6.45) is 0. The van der Waals surface area contributed by atoms with Crippen molar-refractivity contribution < 1.29 is 13.6 Å². The fraction of sp³-hybridized carbons (Fsp3) is 0.182. The van der Waals surface area contributed by atoms with Crippen molar-refractivity contribution in [2.75, 3.05) is 0 Å². The molecule has 0 saturated heterocycles. The van der Waals surface area contributed by atoms with E-state index in [1.54, 1.807) is 0 Å². The summed E-state index contributed by atoms with van der Waals surface area (Å²) >= 11 is 1.23. The standard InChI is InChI=1S/C22H23O3PS/c1-19-12-14-22(15-13-19)18-27-26(23,24-16-20-8-4-2-5-9-20)25-17-21-10-6-3-7-11-21/h2-15H,16-18H2,1H3. The van der Waals surface area contributed by atoms with E-state index in [0.717, 1.165) is 16.7 Å². The molecule has 0 N–H and O–H groups in total. The molecule has 0 radical (unpaired) electrons. The summed E-state index contributed by atoms with van der Waals surface area (Å²) in [5, 5.41) is 0. The van der Waals surface area contributed by atoms with E-state index in [9.17, 15) is 4.57 Å². The fourth-order valence-corrected chi connectivity index (χ4v) is 5.43. The number of hydrogen-bond acceptors (Lipinski definition) is 4. The van der Waals surface area contributed by atoms with Gasteiger partial charge in [-0.1, -0.05) is 90.5 Å². The molecule has 0 fully saturated rings. The maximum atomic E-state index is 13.3. The highest BCUT2D eigenvalue weighted by Gasteiger charge is 2.26. The van der Waals surface area contributed by atoms with Crippen LogP contribution in [0.3, 0.4) is 0 Å². The van der Waals surface area contributed by atoms with Crippen molar-refractivity contribution in [3.63, 3.8) is 0 Å². The Morgan fingerprint density at radius 2 is 1.19 bits per heavy atom. The van der Waals surface area contributed by atoms with Gasteiger partial charge in [0.2, 0.25) is 0 Å². The lowest BCUT2D eigenvalue weighted by molar-refractivity contribution is 0.206. The van der Waals surface area contributed by atoms with Gasteiger partial charge in [0.1, 0.15) is 0 Å². The van der Waals surface area contributed by atoms with E-state index in [0.29, 0.717) is 5.75 Å². The summed E-state index contributed by atoms with van der Waals surface area (Å²) in [5.74, 6) is 0.571. The summed E-state index contributed by atoms with van der Waals surface area (Å²) in [5.41, 5.74) is 4.24. The first-order valence-electron chi connectivity index (χ1n) is 8.80. The minimum absolute atomic E-state index is 0.258. The van der Waals surface area contributed by atoms with Gasteiger partial charge in [-0.05, 0) is 35.0 Å². The van der Waals surface area contributed by atoms with Gasteiger partial charge in [0.05, 0.1) is 13.2 Å². The van der Waals surface area contributed by atoms with Gasteiger partial charge in [-0.15, -0.1) is 0 Å². The summed E-state index contributed by atoms with van der Waals surface area (Å²) in [6, 6.07) is 27.6. The predicted molar refractivity (Wildman–Crippen MR) is 113 cm³/mol. The molecule has 3 rings (SSSR count).